The molecule has 0 spiro atoms. The van der Waals surface area contributed by atoms with Crippen LogP contribution in [0.4, 0.5) is 0 Å². The summed E-state index contributed by atoms with van der Waals surface area (Å²) in [6.07, 6.45) is -0.0591. The fourth-order valence-corrected chi connectivity index (χ4v) is 1.24. The lowest BCUT2D eigenvalue weighted by Gasteiger charge is -1.95. The van der Waals surface area contributed by atoms with Crippen molar-refractivity contribution in [2.75, 3.05) is 0 Å². The Labute approximate surface area is 97.1 Å². The number of ketones is 1. The fraction of sp³-hybridized carbons (Fsp3) is 0.182. The molecule has 0 saturated heterocycles. The molecule has 0 radical (unpaired) electrons. The van der Waals surface area contributed by atoms with Crippen molar-refractivity contribution in [1.82, 2.24) is 0 Å². The molecule has 0 heterocycles. The van der Waals surface area contributed by atoms with Gasteiger partial charge in [-0.3, -0.25) is 4.79 Å². The highest BCUT2D eigenvalue weighted by Crippen LogP contribution is 2.12. The number of hydrogen-bond acceptors (Lipinski definition) is 3. The highest BCUT2D eigenvalue weighted by Gasteiger charge is 2.03. The lowest BCUT2D eigenvalue weighted by atomic mass is 10.1. The summed E-state index contributed by atoms with van der Waals surface area (Å²) < 4.78 is 0.853. The van der Waals surface area contributed by atoms with Gasteiger partial charge in [0.25, 0.3) is 0 Å². The third-order valence-corrected chi connectivity index (χ3v) is 1.88. The molecule has 15 heavy (non-hydrogen) atoms. The number of Topliss-reactive ketones (excluding diaryl/α,β-unsaturated/α-hetero) is 1. The van der Waals surface area contributed by atoms with Gasteiger partial charge in [0.1, 0.15) is 0 Å². The molecule has 1 rings (SSSR count). The van der Waals surface area contributed by atoms with Gasteiger partial charge in [-0.05, 0) is 12.1 Å². The zero-order valence-corrected chi connectivity index (χ0v) is 9.78. The Morgan fingerprint density at radius 1 is 1.47 bits per heavy atom. The first-order chi connectivity index (χ1) is 7.15. The number of carbonyl (C=O) groups is 1. The molecule has 0 fully saturated rings. The van der Waals surface area contributed by atoms with E-state index in [0.29, 0.717) is 5.56 Å². The Kier molecular flexibility index (Phi) is 6.88. The molecule has 0 aliphatic rings. The summed E-state index contributed by atoms with van der Waals surface area (Å²) in [5, 5.41) is 15.6. The van der Waals surface area contributed by atoms with E-state index in [2.05, 4.69) is 15.9 Å². The summed E-state index contributed by atoms with van der Waals surface area (Å²) in [4.78, 5) is 11.2. The van der Waals surface area contributed by atoms with Gasteiger partial charge < -0.3 is 0 Å². The highest BCUT2D eigenvalue weighted by molar-refractivity contribution is 9.10. The maximum Gasteiger partial charge on any atom is 0.176 e. The molecule has 0 N–H and O–H groups in total. The Bertz CT molecular complexity index is 415. The van der Waals surface area contributed by atoms with Gasteiger partial charge in [0.15, 0.2) is 5.78 Å². The van der Waals surface area contributed by atoms with Crippen molar-refractivity contribution in [3.05, 3.63) is 34.3 Å². The summed E-state index contributed by atoms with van der Waals surface area (Å²) in [6, 6.07) is 10.6. The van der Waals surface area contributed by atoms with Crippen LogP contribution in [0.1, 0.15) is 23.7 Å². The average molecular weight is 265 g/mol. The second-order valence-corrected chi connectivity index (χ2v) is 3.41. The van der Waals surface area contributed by atoms with Crippen LogP contribution in [-0.2, 0) is 0 Å². The van der Waals surface area contributed by atoms with E-state index < -0.39 is 0 Å². The van der Waals surface area contributed by atoms with E-state index in [1.54, 1.807) is 24.3 Å². The van der Waals surface area contributed by atoms with Crippen LogP contribution in [0.5, 0.6) is 0 Å². The molecule has 0 atom stereocenters. The molecular formula is C11H9BrN2O. The molecule has 4 heteroatoms. The molecule has 0 aliphatic heterocycles. The monoisotopic (exact) mass is 264 g/mol. The Balaban J connectivity index is 0.000000583. The SMILES string of the molecule is CC#N.N#CCC(=O)c1cccc(Br)c1. The highest BCUT2D eigenvalue weighted by atomic mass is 79.9. The quantitative estimate of drug-likeness (QED) is 0.772. The van der Waals surface area contributed by atoms with Crippen LogP contribution in [0.3, 0.4) is 0 Å². The lowest BCUT2D eigenvalue weighted by molar-refractivity contribution is 0.0997. The summed E-state index contributed by atoms with van der Waals surface area (Å²) >= 11 is 3.25. The zero-order chi connectivity index (χ0) is 11.7. The summed E-state index contributed by atoms with van der Waals surface area (Å²) in [5.41, 5.74) is 0.575. The Morgan fingerprint density at radius 2 is 2.07 bits per heavy atom. The molecule has 76 valence electrons. The normalized spacial score (nSPS) is 7.73. The first-order valence-electron chi connectivity index (χ1n) is 4.12. The van der Waals surface area contributed by atoms with E-state index in [0.717, 1.165) is 4.47 Å². The molecule has 3 nitrogen and oxygen atoms in total. The van der Waals surface area contributed by atoms with Gasteiger partial charge >= 0.3 is 0 Å². The number of carbonyl (C=O) groups excluding carboxylic acids is 1. The third kappa shape index (κ3) is 5.61. The first-order valence-corrected chi connectivity index (χ1v) is 4.91. The van der Waals surface area contributed by atoms with E-state index in [1.807, 2.05) is 12.1 Å². The third-order valence-electron chi connectivity index (χ3n) is 1.39. The summed E-state index contributed by atoms with van der Waals surface area (Å²) in [5.74, 6) is -0.140. The molecule has 0 aromatic heterocycles. The standard InChI is InChI=1S/C9H6BrNO.C2H3N/c10-8-3-1-2-7(6-8)9(12)4-5-11;1-2-3/h1-3,6H,4H2;1H3. The van der Waals surface area contributed by atoms with E-state index in [1.165, 1.54) is 6.92 Å². The molecule has 0 unspecified atom stereocenters. The van der Waals surface area contributed by atoms with E-state index in [9.17, 15) is 4.79 Å². The van der Waals surface area contributed by atoms with Crippen LogP contribution in [0.15, 0.2) is 28.7 Å². The van der Waals surface area contributed by atoms with Gasteiger partial charge in [-0.2, -0.15) is 10.5 Å². The van der Waals surface area contributed by atoms with Gasteiger partial charge in [-0.25, -0.2) is 0 Å². The predicted octanol–water partition coefficient (Wildman–Crippen LogP) is 3.08. The zero-order valence-electron chi connectivity index (χ0n) is 8.20. The maximum atomic E-state index is 11.2. The molecule has 0 amide bonds. The molecule has 0 saturated carbocycles. The van der Waals surface area contributed by atoms with E-state index >= 15 is 0 Å². The van der Waals surface area contributed by atoms with Crippen molar-refractivity contribution in [2.24, 2.45) is 0 Å². The molecule has 1 aromatic carbocycles. The van der Waals surface area contributed by atoms with E-state index in [4.69, 9.17) is 10.5 Å². The van der Waals surface area contributed by atoms with Crippen LogP contribution >= 0.6 is 15.9 Å². The minimum absolute atomic E-state index is 0.0591. The van der Waals surface area contributed by atoms with Gasteiger partial charge in [0.2, 0.25) is 0 Å². The number of halogens is 1. The van der Waals surface area contributed by atoms with Gasteiger partial charge in [0, 0.05) is 17.0 Å². The second-order valence-electron chi connectivity index (χ2n) is 2.49. The minimum Gasteiger partial charge on any atom is -0.293 e. The summed E-state index contributed by atoms with van der Waals surface area (Å²) in [7, 11) is 0. The number of rotatable bonds is 2. The molecule has 0 bridgehead atoms. The average Bonchev–Trinajstić information content (AvgIpc) is 2.19. The van der Waals surface area contributed by atoms with Crippen LogP contribution in [-0.4, -0.2) is 5.78 Å². The lowest BCUT2D eigenvalue weighted by Crippen LogP contribution is -1.96. The minimum atomic E-state index is -0.140. The number of nitrogens with zero attached hydrogens (tertiary/aromatic N) is 2. The molecule has 1 aromatic rings. The second kappa shape index (κ2) is 7.73. The van der Waals surface area contributed by atoms with Crippen LogP contribution in [0.2, 0.25) is 0 Å². The predicted molar refractivity (Wildman–Crippen MR) is 60.0 cm³/mol. The maximum absolute atomic E-state index is 11.2. The summed E-state index contributed by atoms with van der Waals surface area (Å²) in [6.45, 7) is 1.43. The van der Waals surface area contributed by atoms with Crippen LogP contribution in [0, 0.1) is 22.7 Å². The molecule has 0 aliphatic carbocycles. The first kappa shape index (κ1) is 13.4. The van der Waals surface area contributed by atoms with Crippen molar-refractivity contribution < 1.29 is 4.79 Å². The number of hydrogen-bond donors (Lipinski definition) is 0. The van der Waals surface area contributed by atoms with Gasteiger partial charge in [-0.1, -0.05) is 28.1 Å². The van der Waals surface area contributed by atoms with Crippen molar-refractivity contribution >= 4 is 21.7 Å². The van der Waals surface area contributed by atoms with Crippen molar-refractivity contribution in [3.8, 4) is 12.1 Å². The van der Waals surface area contributed by atoms with Crippen molar-refractivity contribution in [2.45, 2.75) is 13.3 Å². The smallest absolute Gasteiger partial charge is 0.176 e. The van der Waals surface area contributed by atoms with Gasteiger partial charge in [0.05, 0.1) is 18.6 Å². The fourth-order valence-electron chi connectivity index (χ4n) is 0.836. The Morgan fingerprint density at radius 3 is 2.53 bits per heavy atom. The van der Waals surface area contributed by atoms with E-state index in [-0.39, 0.29) is 12.2 Å². The number of nitriles is 2. The van der Waals surface area contributed by atoms with Crippen LogP contribution < -0.4 is 0 Å². The van der Waals surface area contributed by atoms with Crippen molar-refractivity contribution in [3.63, 3.8) is 0 Å². The number of benzene rings is 1. The molecular weight excluding hydrogens is 256 g/mol. The van der Waals surface area contributed by atoms with Gasteiger partial charge in [-0.15, -0.1) is 0 Å². The van der Waals surface area contributed by atoms with Crippen LogP contribution in [0.25, 0.3) is 0 Å². The Hall–Kier alpha value is -1.65. The topological polar surface area (TPSA) is 64.7 Å². The van der Waals surface area contributed by atoms with Crippen molar-refractivity contribution in [1.29, 1.82) is 10.5 Å². The largest absolute Gasteiger partial charge is 0.293 e.